The second-order valence-corrected chi connectivity index (χ2v) is 3.63. The van der Waals surface area contributed by atoms with Crippen LogP contribution in [-0.2, 0) is 4.74 Å². The van der Waals surface area contributed by atoms with E-state index in [2.05, 4.69) is 4.74 Å². The molecular weight excluding hydrogens is 240 g/mol. The average molecular weight is 253 g/mol. The zero-order chi connectivity index (χ0) is 12.7. The number of allylic oxidation sites excluding steroid dienone is 2. The smallest absolute Gasteiger partial charge is 0.338 e. The lowest BCUT2D eigenvalue weighted by Crippen LogP contribution is -2.03. The lowest BCUT2D eigenvalue weighted by atomic mass is 10.1. The normalized spacial score (nSPS) is 11.2. The van der Waals surface area contributed by atoms with Gasteiger partial charge in [0.05, 0.1) is 19.3 Å². The molecule has 1 aromatic carbocycles. The molecule has 0 fully saturated rings. The van der Waals surface area contributed by atoms with Crippen LogP contribution in [0.4, 0.5) is 0 Å². The molecule has 0 amide bonds. The van der Waals surface area contributed by atoms with Crippen LogP contribution in [0, 0.1) is 0 Å². The van der Waals surface area contributed by atoms with E-state index in [0.29, 0.717) is 16.1 Å². The number of methoxy groups -OCH3 is 1. The summed E-state index contributed by atoms with van der Waals surface area (Å²) in [5.41, 5.74) is 1.12. The molecule has 0 heterocycles. The minimum atomic E-state index is -0.432. The summed E-state index contributed by atoms with van der Waals surface area (Å²) in [7, 11) is 1.32. The van der Waals surface area contributed by atoms with E-state index in [4.69, 9.17) is 16.7 Å². The summed E-state index contributed by atoms with van der Waals surface area (Å²) >= 11 is 5.82. The first-order valence-corrected chi connectivity index (χ1v) is 5.38. The first kappa shape index (κ1) is 13.5. The first-order chi connectivity index (χ1) is 8.19. The van der Waals surface area contributed by atoms with Crippen LogP contribution in [0.2, 0.25) is 5.02 Å². The maximum atomic E-state index is 11.5. The zero-order valence-corrected chi connectivity index (χ0v) is 10.1. The Morgan fingerprint density at radius 1 is 1.47 bits per heavy atom. The van der Waals surface area contributed by atoms with Gasteiger partial charge in [0.15, 0.2) is 0 Å². The summed E-state index contributed by atoms with van der Waals surface area (Å²) in [6.45, 7) is -0.0190. The van der Waals surface area contributed by atoms with Crippen molar-refractivity contribution in [2.24, 2.45) is 0 Å². The summed E-state index contributed by atoms with van der Waals surface area (Å²) in [5.74, 6) is -0.432. The van der Waals surface area contributed by atoms with E-state index in [9.17, 15) is 4.79 Å². The quantitative estimate of drug-likeness (QED) is 0.662. The molecule has 0 radical (unpaired) electrons. The van der Waals surface area contributed by atoms with Crippen molar-refractivity contribution in [2.45, 2.75) is 0 Å². The number of halogens is 1. The molecule has 0 unspecified atom stereocenters. The van der Waals surface area contributed by atoms with Crippen molar-refractivity contribution in [2.75, 3.05) is 13.7 Å². The predicted molar refractivity (Wildman–Crippen MR) is 68.1 cm³/mol. The number of aliphatic hydroxyl groups is 1. The fourth-order valence-corrected chi connectivity index (χ4v) is 1.43. The molecule has 0 saturated carbocycles. The van der Waals surface area contributed by atoms with Crippen LogP contribution in [-0.4, -0.2) is 24.8 Å². The molecular formula is C13H13ClO3. The highest BCUT2D eigenvalue weighted by Crippen LogP contribution is 2.18. The summed E-state index contributed by atoms with van der Waals surface area (Å²) in [6, 6.07) is 4.99. The number of hydrogen-bond acceptors (Lipinski definition) is 3. The molecule has 3 nitrogen and oxygen atoms in total. The molecule has 0 aliphatic carbocycles. The minimum absolute atomic E-state index is 0.0190. The Morgan fingerprint density at radius 3 is 2.88 bits per heavy atom. The molecule has 1 N–H and O–H groups in total. The zero-order valence-electron chi connectivity index (χ0n) is 9.39. The molecule has 0 atom stereocenters. The predicted octanol–water partition coefficient (Wildman–Crippen LogP) is 2.69. The van der Waals surface area contributed by atoms with Gasteiger partial charge >= 0.3 is 5.97 Å². The molecule has 17 heavy (non-hydrogen) atoms. The lowest BCUT2D eigenvalue weighted by Gasteiger charge is -2.04. The van der Waals surface area contributed by atoms with Crippen molar-refractivity contribution < 1.29 is 14.6 Å². The monoisotopic (exact) mass is 252 g/mol. The van der Waals surface area contributed by atoms with Gasteiger partial charge in [0.1, 0.15) is 0 Å². The van der Waals surface area contributed by atoms with Gasteiger partial charge in [0.2, 0.25) is 0 Å². The van der Waals surface area contributed by atoms with Gasteiger partial charge in [-0.25, -0.2) is 4.79 Å². The van der Waals surface area contributed by atoms with Gasteiger partial charge in [-0.1, -0.05) is 42.0 Å². The largest absolute Gasteiger partial charge is 0.465 e. The highest BCUT2D eigenvalue weighted by atomic mass is 35.5. The number of carbonyl (C=O) groups is 1. The van der Waals surface area contributed by atoms with Gasteiger partial charge in [-0.2, -0.15) is 0 Å². The third-order valence-electron chi connectivity index (χ3n) is 2.05. The number of ether oxygens (including phenoxy) is 1. The standard InChI is InChI=1S/C13H13ClO3/c1-17-13(16)12-9-11(14)7-6-10(12)5-3-2-4-8-15/h2-7,9,15H,8H2,1H3/b4-2+,5-3+. The number of hydrogen-bond donors (Lipinski definition) is 1. The van der Waals surface area contributed by atoms with E-state index < -0.39 is 5.97 Å². The fourth-order valence-electron chi connectivity index (χ4n) is 1.26. The summed E-state index contributed by atoms with van der Waals surface area (Å²) in [4.78, 5) is 11.5. The lowest BCUT2D eigenvalue weighted by molar-refractivity contribution is 0.0600. The Kier molecular flexibility index (Phi) is 5.46. The average Bonchev–Trinajstić information content (AvgIpc) is 2.35. The van der Waals surface area contributed by atoms with Crippen molar-refractivity contribution >= 4 is 23.6 Å². The maximum Gasteiger partial charge on any atom is 0.338 e. The Labute approximate surface area is 105 Å². The van der Waals surface area contributed by atoms with E-state index >= 15 is 0 Å². The minimum Gasteiger partial charge on any atom is -0.465 e. The molecule has 0 aromatic heterocycles. The third kappa shape index (κ3) is 4.06. The van der Waals surface area contributed by atoms with Crippen molar-refractivity contribution in [3.8, 4) is 0 Å². The van der Waals surface area contributed by atoms with Gasteiger partial charge in [-0.05, 0) is 17.7 Å². The Hall–Kier alpha value is -1.58. The Morgan fingerprint density at radius 2 is 2.24 bits per heavy atom. The summed E-state index contributed by atoms with van der Waals surface area (Å²) in [5, 5.41) is 9.05. The molecule has 1 rings (SSSR count). The van der Waals surface area contributed by atoms with E-state index in [1.807, 2.05) is 0 Å². The van der Waals surface area contributed by atoms with Crippen molar-refractivity contribution in [1.29, 1.82) is 0 Å². The fraction of sp³-hybridized carbons (Fsp3) is 0.154. The number of carbonyl (C=O) groups excluding carboxylic acids is 1. The highest BCUT2D eigenvalue weighted by molar-refractivity contribution is 6.31. The molecule has 0 aliphatic heterocycles. The Balaban J connectivity index is 3.02. The van der Waals surface area contributed by atoms with E-state index in [1.54, 1.807) is 42.5 Å². The van der Waals surface area contributed by atoms with Crippen LogP contribution < -0.4 is 0 Å². The number of rotatable bonds is 4. The molecule has 0 spiro atoms. The van der Waals surface area contributed by atoms with E-state index in [0.717, 1.165) is 0 Å². The van der Waals surface area contributed by atoms with Crippen LogP contribution in [0.25, 0.3) is 6.08 Å². The molecule has 0 saturated heterocycles. The van der Waals surface area contributed by atoms with Gasteiger partial charge in [-0.15, -0.1) is 0 Å². The molecule has 1 aromatic rings. The van der Waals surface area contributed by atoms with Gasteiger partial charge in [0, 0.05) is 5.02 Å². The van der Waals surface area contributed by atoms with Crippen LogP contribution in [0.3, 0.4) is 0 Å². The van der Waals surface area contributed by atoms with Gasteiger partial charge in [0.25, 0.3) is 0 Å². The van der Waals surface area contributed by atoms with Crippen LogP contribution in [0.1, 0.15) is 15.9 Å². The number of aliphatic hydroxyl groups excluding tert-OH is 1. The van der Waals surface area contributed by atoms with Crippen molar-refractivity contribution in [3.05, 3.63) is 52.6 Å². The second kappa shape index (κ2) is 6.89. The second-order valence-electron chi connectivity index (χ2n) is 3.19. The SMILES string of the molecule is COC(=O)c1cc(Cl)ccc1/C=C/C=C/CO. The third-order valence-corrected chi connectivity index (χ3v) is 2.28. The summed E-state index contributed by atoms with van der Waals surface area (Å²) in [6.07, 6.45) is 6.75. The van der Waals surface area contributed by atoms with Crippen LogP contribution in [0.5, 0.6) is 0 Å². The van der Waals surface area contributed by atoms with Crippen molar-refractivity contribution in [1.82, 2.24) is 0 Å². The molecule has 0 aliphatic rings. The molecule has 90 valence electrons. The Bertz CT molecular complexity index is 450. The van der Waals surface area contributed by atoms with Crippen molar-refractivity contribution in [3.63, 3.8) is 0 Å². The molecule has 4 heteroatoms. The van der Waals surface area contributed by atoms with Gasteiger partial charge in [-0.3, -0.25) is 0 Å². The highest BCUT2D eigenvalue weighted by Gasteiger charge is 2.10. The maximum absolute atomic E-state index is 11.5. The van der Waals surface area contributed by atoms with Gasteiger partial charge < -0.3 is 9.84 Å². The number of benzene rings is 1. The number of esters is 1. The van der Waals surface area contributed by atoms with E-state index in [1.165, 1.54) is 7.11 Å². The molecule has 0 bridgehead atoms. The summed E-state index contributed by atoms with van der Waals surface area (Å²) < 4.78 is 4.67. The van der Waals surface area contributed by atoms with Crippen LogP contribution >= 0.6 is 11.6 Å². The first-order valence-electron chi connectivity index (χ1n) is 5.01. The topological polar surface area (TPSA) is 46.5 Å². The van der Waals surface area contributed by atoms with E-state index in [-0.39, 0.29) is 6.61 Å². The van der Waals surface area contributed by atoms with Crippen LogP contribution in [0.15, 0.2) is 36.4 Å².